The molecule has 4 nitrogen and oxygen atoms in total. The quantitative estimate of drug-likeness (QED) is 0.825. The van der Waals surface area contributed by atoms with E-state index in [0.29, 0.717) is 19.1 Å². The molecule has 2 unspecified atom stereocenters. The van der Waals surface area contributed by atoms with Gasteiger partial charge in [0.25, 0.3) is 5.92 Å². The van der Waals surface area contributed by atoms with E-state index in [4.69, 9.17) is 0 Å². The average Bonchev–Trinajstić information content (AvgIpc) is 3.05. The molecule has 0 bridgehead atoms. The van der Waals surface area contributed by atoms with Crippen LogP contribution in [0.2, 0.25) is 0 Å². The number of hydrogen-bond donors (Lipinski definition) is 1. The Labute approximate surface area is 118 Å². The Morgan fingerprint density at radius 1 is 1.15 bits per heavy atom. The van der Waals surface area contributed by atoms with Crippen LogP contribution in [-0.4, -0.2) is 66.4 Å². The summed E-state index contributed by atoms with van der Waals surface area (Å²) in [6.45, 7) is 3.29. The highest BCUT2D eigenvalue weighted by atomic mass is 19.3. The molecule has 114 valence electrons. The number of amides is 1. The van der Waals surface area contributed by atoms with Gasteiger partial charge < -0.3 is 4.90 Å². The zero-order valence-electron chi connectivity index (χ0n) is 11.8. The second-order valence-electron chi connectivity index (χ2n) is 6.32. The Kier molecular flexibility index (Phi) is 3.95. The first-order valence-corrected chi connectivity index (χ1v) is 7.69. The lowest BCUT2D eigenvalue weighted by molar-refractivity contribution is -0.132. The van der Waals surface area contributed by atoms with Crippen molar-refractivity contribution >= 4 is 5.91 Å². The molecule has 0 spiro atoms. The topological polar surface area (TPSA) is 35.6 Å². The number of nitrogens with zero attached hydrogens (tertiary/aromatic N) is 2. The SMILES string of the molecule is O=C(C1CC(F)(F)CN1)N1CCC(N2CCCCC2)C1. The maximum atomic E-state index is 13.2. The molecule has 0 aromatic carbocycles. The molecule has 3 saturated heterocycles. The van der Waals surface area contributed by atoms with Crippen LogP contribution in [0, 0.1) is 0 Å². The van der Waals surface area contributed by atoms with Gasteiger partial charge in [-0.05, 0) is 32.4 Å². The minimum atomic E-state index is -2.73. The van der Waals surface area contributed by atoms with Crippen molar-refractivity contribution in [2.45, 2.75) is 50.1 Å². The van der Waals surface area contributed by atoms with Gasteiger partial charge in [0.15, 0.2) is 0 Å². The van der Waals surface area contributed by atoms with E-state index in [9.17, 15) is 13.6 Å². The molecule has 3 heterocycles. The third kappa shape index (κ3) is 2.96. The van der Waals surface area contributed by atoms with Crippen LogP contribution < -0.4 is 5.32 Å². The van der Waals surface area contributed by atoms with E-state index in [0.717, 1.165) is 19.5 Å². The van der Waals surface area contributed by atoms with Crippen molar-refractivity contribution in [3.05, 3.63) is 0 Å². The predicted molar refractivity (Wildman–Crippen MR) is 71.8 cm³/mol. The Hall–Kier alpha value is -0.750. The highest BCUT2D eigenvalue weighted by molar-refractivity contribution is 5.82. The van der Waals surface area contributed by atoms with E-state index in [1.165, 1.54) is 19.3 Å². The fourth-order valence-electron chi connectivity index (χ4n) is 3.63. The molecule has 0 radical (unpaired) electrons. The maximum Gasteiger partial charge on any atom is 0.262 e. The second kappa shape index (κ2) is 5.56. The number of hydrogen-bond acceptors (Lipinski definition) is 3. The Balaban J connectivity index is 1.53. The summed E-state index contributed by atoms with van der Waals surface area (Å²) in [5.41, 5.74) is 0. The van der Waals surface area contributed by atoms with Crippen molar-refractivity contribution < 1.29 is 13.6 Å². The third-order valence-corrected chi connectivity index (χ3v) is 4.79. The first-order chi connectivity index (χ1) is 9.55. The van der Waals surface area contributed by atoms with Gasteiger partial charge >= 0.3 is 0 Å². The van der Waals surface area contributed by atoms with Gasteiger partial charge in [-0.2, -0.15) is 0 Å². The number of piperidine rings is 1. The molecule has 20 heavy (non-hydrogen) atoms. The smallest absolute Gasteiger partial charge is 0.262 e. The van der Waals surface area contributed by atoms with E-state index < -0.39 is 12.0 Å². The van der Waals surface area contributed by atoms with E-state index in [1.807, 2.05) is 0 Å². The molecule has 3 rings (SSSR count). The van der Waals surface area contributed by atoms with Crippen LogP contribution in [-0.2, 0) is 4.79 Å². The van der Waals surface area contributed by atoms with Crippen LogP contribution in [0.3, 0.4) is 0 Å². The summed E-state index contributed by atoms with van der Waals surface area (Å²) in [5.74, 6) is -2.87. The van der Waals surface area contributed by atoms with Crippen molar-refractivity contribution in [1.82, 2.24) is 15.1 Å². The van der Waals surface area contributed by atoms with Crippen LogP contribution in [0.5, 0.6) is 0 Å². The lowest BCUT2D eigenvalue weighted by atomic mass is 10.1. The number of nitrogens with one attached hydrogen (secondary N) is 1. The molecule has 0 aliphatic carbocycles. The summed E-state index contributed by atoms with van der Waals surface area (Å²) >= 11 is 0. The summed E-state index contributed by atoms with van der Waals surface area (Å²) in [5, 5.41) is 2.66. The van der Waals surface area contributed by atoms with Crippen molar-refractivity contribution in [3.8, 4) is 0 Å². The van der Waals surface area contributed by atoms with E-state index in [-0.39, 0.29) is 18.9 Å². The Morgan fingerprint density at radius 2 is 1.90 bits per heavy atom. The largest absolute Gasteiger partial charge is 0.340 e. The fourth-order valence-corrected chi connectivity index (χ4v) is 3.63. The van der Waals surface area contributed by atoms with Crippen LogP contribution in [0.1, 0.15) is 32.1 Å². The van der Waals surface area contributed by atoms with Gasteiger partial charge in [-0.15, -0.1) is 0 Å². The van der Waals surface area contributed by atoms with Crippen molar-refractivity contribution in [1.29, 1.82) is 0 Å². The average molecular weight is 287 g/mol. The molecule has 1 N–H and O–H groups in total. The molecular weight excluding hydrogens is 264 g/mol. The number of halogens is 2. The van der Waals surface area contributed by atoms with Gasteiger partial charge in [-0.3, -0.25) is 15.0 Å². The summed E-state index contributed by atoms with van der Waals surface area (Å²) in [7, 11) is 0. The van der Waals surface area contributed by atoms with Crippen LogP contribution >= 0.6 is 0 Å². The Bertz CT molecular complexity index is 371. The highest BCUT2D eigenvalue weighted by Gasteiger charge is 2.44. The van der Waals surface area contributed by atoms with E-state index in [1.54, 1.807) is 4.90 Å². The third-order valence-electron chi connectivity index (χ3n) is 4.79. The first kappa shape index (κ1) is 14.2. The number of carbonyl (C=O) groups is 1. The monoisotopic (exact) mass is 287 g/mol. The molecule has 1 amide bonds. The number of carbonyl (C=O) groups excluding carboxylic acids is 1. The molecule has 0 aromatic rings. The lowest BCUT2D eigenvalue weighted by Gasteiger charge is -2.32. The second-order valence-corrected chi connectivity index (χ2v) is 6.32. The highest BCUT2D eigenvalue weighted by Crippen LogP contribution is 2.27. The number of likely N-dealkylation sites (tertiary alicyclic amines) is 2. The normalized spacial score (nSPS) is 34.6. The molecule has 2 atom stereocenters. The zero-order chi connectivity index (χ0) is 14.2. The summed E-state index contributed by atoms with van der Waals surface area (Å²) in [6.07, 6.45) is 4.40. The molecule has 0 saturated carbocycles. The van der Waals surface area contributed by atoms with Gasteiger partial charge in [0.1, 0.15) is 0 Å². The molecule has 3 fully saturated rings. The van der Waals surface area contributed by atoms with Gasteiger partial charge in [0, 0.05) is 25.6 Å². The van der Waals surface area contributed by atoms with Crippen molar-refractivity contribution in [3.63, 3.8) is 0 Å². The first-order valence-electron chi connectivity index (χ1n) is 7.69. The molecule has 6 heteroatoms. The van der Waals surface area contributed by atoms with Crippen molar-refractivity contribution in [2.75, 3.05) is 32.7 Å². The molecule has 3 aliphatic heterocycles. The van der Waals surface area contributed by atoms with Crippen LogP contribution in [0.4, 0.5) is 8.78 Å². The molecular formula is C14H23F2N3O. The minimum Gasteiger partial charge on any atom is -0.340 e. The molecule has 3 aliphatic rings. The minimum absolute atomic E-state index is 0.137. The van der Waals surface area contributed by atoms with Gasteiger partial charge in [0.05, 0.1) is 12.6 Å². The van der Waals surface area contributed by atoms with E-state index in [2.05, 4.69) is 10.2 Å². The standard InChI is InChI=1S/C14H23F2N3O/c15-14(16)8-12(17-10-14)13(20)19-7-4-11(9-19)18-5-2-1-3-6-18/h11-12,17H,1-10H2. The zero-order valence-corrected chi connectivity index (χ0v) is 11.8. The van der Waals surface area contributed by atoms with Gasteiger partial charge in [-0.25, -0.2) is 8.78 Å². The van der Waals surface area contributed by atoms with Crippen molar-refractivity contribution in [2.24, 2.45) is 0 Å². The lowest BCUT2D eigenvalue weighted by Crippen LogP contribution is -2.45. The predicted octanol–water partition coefficient (Wildman–Crippen LogP) is 1.07. The van der Waals surface area contributed by atoms with Gasteiger partial charge in [0.2, 0.25) is 5.91 Å². The van der Waals surface area contributed by atoms with E-state index >= 15 is 0 Å². The summed E-state index contributed by atoms with van der Waals surface area (Å²) in [4.78, 5) is 16.5. The number of rotatable bonds is 2. The molecule has 0 aromatic heterocycles. The van der Waals surface area contributed by atoms with Gasteiger partial charge in [-0.1, -0.05) is 6.42 Å². The fraction of sp³-hybridized carbons (Fsp3) is 0.929. The van der Waals surface area contributed by atoms with Crippen LogP contribution in [0.15, 0.2) is 0 Å². The number of alkyl halides is 2. The maximum absolute atomic E-state index is 13.2. The Morgan fingerprint density at radius 3 is 2.55 bits per heavy atom. The summed E-state index contributed by atoms with van der Waals surface area (Å²) < 4.78 is 26.3. The summed E-state index contributed by atoms with van der Waals surface area (Å²) in [6, 6.07) is -0.258. The van der Waals surface area contributed by atoms with Crippen LogP contribution in [0.25, 0.3) is 0 Å².